The van der Waals surface area contributed by atoms with Gasteiger partial charge in [-0.1, -0.05) is 6.92 Å². The molecule has 0 heterocycles. The molecule has 0 amide bonds. The molecule has 19 heavy (non-hydrogen) atoms. The Kier molecular flexibility index (Phi) is 4.84. The molecule has 0 fully saturated rings. The standard InChI is InChI=1S/C12H10F3NO2S/c1-3-7-4-8(6-16)9(11(17)18-2)5-10(7)19-12(13,14)15/h4-5H,3H2,1-2H3. The molecule has 3 nitrogen and oxygen atoms in total. The Morgan fingerprint density at radius 1 is 1.47 bits per heavy atom. The average Bonchev–Trinajstić information content (AvgIpc) is 2.35. The Bertz CT molecular complexity index is 535. The number of thioether (sulfide) groups is 1. The molecule has 0 unspecified atom stereocenters. The van der Waals surface area contributed by atoms with Crippen molar-refractivity contribution in [1.29, 1.82) is 5.26 Å². The molecule has 0 aliphatic heterocycles. The van der Waals surface area contributed by atoms with E-state index in [2.05, 4.69) is 4.74 Å². The van der Waals surface area contributed by atoms with Gasteiger partial charge in [0.05, 0.1) is 18.2 Å². The molecule has 1 aromatic rings. The first kappa shape index (κ1) is 15.4. The molecule has 0 saturated heterocycles. The normalized spacial score (nSPS) is 10.9. The number of rotatable bonds is 3. The van der Waals surface area contributed by atoms with Gasteiger partial charge in [0.1, 0.15) is 6.07 Å². The van der Waals surface area contributed by atoms with Gasteiger partial charge in [-0.05, 0) is 35.9 Å². The summed E-state index contributed by atoms with van der Waals surface area (Å²) in [5.74, 6) is -0.830. The smallest absolute Gasteiger partial charge is 0.446 e. The number of alkyl halides is 3. The van der Waals surface area contributed by atoms with Crippen molar-refractivity contribution < 1.29 is 22.7 Å². The van der Waals surface area contributed by atoms with E-state index >= 15 is 0 Å². The van der Waals surface area contributed by atoms with Crippen LogP contribution in [0.15, 0.2) is 17.0 Å². The van der Waals surface area contributed by atoms with Crippen LogP contribution in [-0.4, -0.2) is 18.6 Å². The molecule has 0 radical (unpaired) electrons. The molecule has 1 rings (SSSR count). The first-order chi connectivity index (χ1) is 8.82. The number of esters is 1. The molecular formula is C12H10F3NO2S. The SMILES string of the molecule is CCc1cc(C#N)c(C(=O)OC)cc1SC(F)(F)F. The molecule has 0 aliphatic rings. The van der Waals surface area contributed by atoms with E-state index in [1.54, 1.807) is 13.0 Å². The average molecular weight is 289 g/mol. The van der Waals surface area contributed by atoms with Crippen molar-refractivity contribution in [2.45, 2.75) is 23.7 Å². The monoisotopic (exact) mass is 289 g/mol. The Morgan fingerprint density at radius 3 is 2.53 bits per heavy atom. The van der Waals surface area contributed by atoms with Gasteiger partial charge in [-0.25, -0.2) is 4.79 Å². The van der Waals surface area contributed by atoms with Gasteiger partial charge in [-0.15, -0.1) is 0 Å². The second-order valence-electron chi connectivity index (χ2n) is 3.51. The number of benzene rings is 1. The number of hydrogen-bond donors (Lipinski definition) is 0. The number of carbonyl (C=O) groups is 1. The van der Waals surface area contributed by atoms with Crippen molar-refractivity contribution in [2.24, 2.45) is 0 Å². The highest BCUT2D eigenvalue weighted by molar-refractivity contribution is 8.00. The fourth-order valence-electron chi connectivity index (χ4n) is 1.49. The van der Waals surface area contributed by atoms with E-state index in [-0.39, 0.29) is 27.8 Å². The Morgan fingerprint density at radius 2 is 2.11 bits per heavy atom. The van der Waals surface area contributed by atoms with Crippen LogP contribution in [0, 0.1) is 11.3 Å². The minimum atomic E-state index is -4.45. The molecule has 0 saturated carbocycles. The minimum absolute atomic E-state index is 0.00947. The summed E-state index contributed by atoms with van der Waals surface area (Å²) in [4.78, 5) is 11.4. The molecule has 0 aromatic heterocycles. The van der Waals surface area contributed by atoms with Gasteiger partial charge < -0.3 is 4.74 Å². The van der Waals surface area contributed by atoms with Gasteiger partial charge in [0, 0.05) is 4.90 Å². The molecule has 0 atom stereocenters. The summed E-state index contributed by atoms with van der Waals surface area (Å²) < 4.78 is 41.8. The largest absolute Gasteiger partial charge is 0.465 e. The predicted molar refractivity (Wildman–Crippen MR) is 63.8 cm³/mol. The van der Waals surface area contributed by atoms with E-state index in [1.807, 2.05) is 0 Å². The van der Waals surface area contributed by atoms with Crippen molar-refractivity contribution in [3.05, 3.63) is 28.8 Å². The maximum atomic E-state index is 12.4. The number of nitrogens with zero attached hydrogens (tertiary/aromatic N) is 1. The van der Waals surface area contributed by atoms with Gasteiger partial charge in [-0.3, -0.25) is 0 Å². The topological polar surface area (TPSA) is 50.1 Å². The summed E-state index contributed by atoms with van der Waals surface area (Å²) in [6.07, 6.45) is 0.328. The number of nitriles is 1. The van der Waals surface area contributed by atoms with Crippen molar-refractivity contribution in [3.8, 4) is 6.07 Å². The third kappa shape index (κ3) is 3.89. The lowest BCUT2D eigenvalue weighted by Gasteiger charge is -2.12. The van der Waals surface area contributed by atoms with E-state index in [9.17, 15) is 18.0 Å². The summed E-state index contributed by atoms with van der Waals surface area (Å²) >= 11 is -0.304. The maximum absolute atomic E-state index is 12.4. The molecule has 7 heteroatoms. The van der Waals surface area contributed by atoms with Gasteiger partial charge in [0.25, 0.3) is 0 Å². The highest BCUT2D eigenvalue weighted by Crippen LogP contribution is 2.39. The number of carbonyl (C=O) groups excluding carboxylic acids is 1. The summed E-state index contributed by atoms with van der Waals surface area (Å²) in [6, 6.07) is 4.13. The lowest BCUT2D eigenvalue weighted by Crippen LogP contribution is -2.07. The number of methoxy groups -OCH3 is 1. The van der Waals surface area contributed by atoms with Gasteiger partial charge >= 0.3 is 11.5 Å². The van der Waals surface area contributed by atoms with Crippen LogP contribution in [0.5, 0.6) is 0 Å². The van der Waals surface area contributed by atoms with Crippen LogP contribution >= 0.6 is 11.8 Å². The van der Waals surface area contributed by atoms with Crippen LogP contribution in [0.25, 0.3) is 0 Å². The second kappa shape index (κ2) is 5.97. The zero-order chi connectivity index (χ0) is 14.6. The van der Waals surface area contributed by atoms with Crippen molar-refractivity contribution in [1.82, 2.24) is 0 Å². The zero-order valence-electron chi connectivity index (χ0n) is 10.2. The van der Waals surface area contributed by atoms with Crippen LogP contribution in [0.3, 0.4) is 0 Å². The lowest BCUT2D eigenvalue weighted by atomic mass is 10.0. The lowest BCUT2D eigenvalue weighted by molar-refractivity contribution is -0.0328. The molecule has 0 bridgehead atoms. The molecular weight excluding hydrogens is 279 g/mol. The summed E-state index contributed by atoms with van der Waals surface area (Å²) in [5.41, 5.74) is -4.23. The fraction of sp³-hybridized carbons (Fsp3) is 0.333. The van der Waals surface area contributed by atoms with E-state index in [4.69, 9.17) is 5.26 Å². The zero-order valence-corrected chi connectivity index (χ0v) is 11.0. The van der Waals surface area contributed by atoms with E-state index in [0.29, 0.717) is 12.0 Å². The summed E-state index contributed by atoms with van der Waals surface area (Å²) in [5, 5.41) is 8.92. The number of halogens is 3. The molecule has 1 aromatic carbocycles. The maximum Gasteiger partial charge on any atom is 0.446 e. The third-order valence-electron chi connectivity index (χ3n) is 2.33. The van der Waals surface area contributed by atoms with Gasteiger partial charge in [0.15, 0.2) is 0 Å². The summed E-state index contributed by atoms with van der Waals surface area (Å²) in [7, 11) is 1.10. The fourth-order valence-corrected chi connectivity index (χ4v) is 2.25. The molecule has 0 aliphatic carbocycles. The predicted octanol–water partition coefficient (Wildman–Crippen LogP) is 3.52. The highest BCUT2D eigenvalue weighted by atomic mass is 32.2. The van der Waals surface area contributed by atoms with Crippen molar-refractivity contribution in [2.75, 3.05) is 7.11 Å². The number of hydrogen-bond acceptors (Lipinski definition) is 4. The van der Waals surface area contributed by atoms with Crippen LogP contribution in [0.4, 0.5) is 13.2 Å². The second-order valence-corrected chi connectivity index (χ2v) is 4.62. The minimum Gasteiger partial charge on any atom is -0.465 e. The Balaban J connectivity index is 3.38. The number of ether oxygens (including phenoxy) is 1. The first-order valence-electron chi connectivity index (χ1n) is 5.23. The van der Waals surface area contributed by atoms with E-state index < -0.39 is 11.5 Å². The van der Waals surface area contributed by atoms with E-state index in [0.717, 1.165) is 13.2 Å². The summed E-state index contributed by atoms with van der Waals surface area (Å²) in [6.45, 7) is 1.68. The van der Waals surface area contributed by atoms with Crippen molar-refractivity contribution in [3.63, 3.8) is 0 Å². The number of aryl methyl sites for hydroxylation is 1. The van der Waals surface area contributed by atoms with Gasteiger partial charge in [0.2, 0.25) is 0 Å². The molecule has 0 N–H and O–H groups in total. The molecule has 0 spiro atoms. The van der Waals surface area contributed by atoms with Crippen LogP contribution in [0.2, 0.25) is 0 Å². The van der Waals surface area contributed by atoms with E-state index in [1.165, 1.54) is 6.07 Å². The van der Waals surface area contributed by atoms with Crippen LogP contribution in [0.1, 0.15) is 28.4 Å². The highest BCUT2D eigenvalue weighted by Gasteiger charge is 2.31. The third-order valence-corrected chi connectivity index (χ3v) is 3.16. The van der Waals surface area contributed by atoms with Crippen molar-refractivity contribution >= 4 is 17.7 Å². The van der Waals surface area contributed by atoms with Crippen LogP contribution in [-0.2, 0) is 11.2 Å². The quantitative estimate of drug-likeness (QED) is 0.631. The first-order valence-corrected chi connectivity index (χ1v) is 6.05. The Labute approximate surface area is 112 Å². The molecule has 102 valence electrons. The van der Waals surface area contributed by atoms with Crippen LogP contribution < -0.4 is 0 Å². The van der Waals surface area contributed by atoms with Gasteiger partial charge in [-0.2, -0.15) is 18.4 Å². The Hall–Kier alpha value is -1.68.